The normalized spacial score (nSPS) is 14.4. The molecule has 12 heteroatoms. The number of nitrogens with zero attached hydrogens (tertiary/aromatic N) is 3. The van der Waals surface area contributed by atoms with E-state index >= 15 is 0 Å². The van der Waals surface area contributed by atoms with Crippen LogP contribution >= 0.6 is 0 Å². The summed E-state index contributed by atoms with van der Waals surface area (Å²) >= 11 is 0. The Morgan fingerprint density at radius 2 is 2.09 bits per heavy atom. The van der Waals surface area contributed by atoms with E-state index in [-0.39, 0.29) is 23.8 Å². The summed E-state index contributed by atoms with van der Waals surface area (Å²) in [5, 5.41) is 19.2. The predicted molar refractivity (Wildman–Crippen MR) is 122 cm³/mol. The summed E-state index contributed by atoms with van der Waals surface area (Å²) in [6, 6.07) is 2.62. The van der Waals surface area contributed by atoms with Gasteiger partial charge in [-0.25, -0.2) is 13.4 Å². The van der Waals surface area contributed by atoms with Gasteiger partial charge in [0.05, 0.1) is 17.5 Å². The second kappa shape index (κ2) is 10.8. The number of anilines is 1. The van der Waals surface area contributed by atoms with Crippen molar-refractivity contribution in [3.05, 3.63) is 41.3 Å². The van der Waals surface area contributed by atoms with Crippen LogP contribution in [-0.4, -0.2) is 65.0 Å². The van der Waals surface area contributed by atoms with E-state index in [1.165, 1.54) is 11.8 Å². The van der Waals surface area contributed by atoms with Crippen molar-refractivity contribution < 1.29 is 23.1 Å². The molecule has 2 aromatic rings. The monoisotopic (exact) mass is 478 g/mol. The zero-order valence-electron chi connectivity index (χ0n) is 18.7. The van der Waals surface area contributed by atoms with Crippen LogP contribution in [0.25, 0.3) is 0 Å². The van der Waals surface area contributed by atoms with Crippen LogP contribution in [0.3, 0.4) is 0 Å². The van der Waals surface area contributed by atoms with Gasteiger partial charge in [-0.3, -0.25) is 14.3 Å². The molecule has 1 amide bonds. The number of nitrogens with one attached hydrogen (secondary N) is 3. The maximum absolute atomic E-state index is 12.4. The lowest BCUT2D eigenvalue weighted by Crippen LogP contribution is -2.49. The smallest absolute Gasteiger partial charge is 0.323 e. The molecule has 3 heterocycles. The molecule has 11 nitrogen and oxygen atoms in total. The number of carboxylic acids is 1. The maximum Gasteiger partial charge on any atom is 0.323 e. The topological polar surface area (TPSA) is 155 Å². The lowest BCUT2D eigenvalue weighted by atomic mass is 10.1. The van der Waals surface area contributed by atoms with Crippen LogP contribution in [0.1, 0.15) is 41.9 Å². The third-order valence-corrected chi connectivity index (χ3v) is 6.83. The van der Waals surface area contributed by atoms with Crippen LogP contribution in [0.2, 0.25) is 0 Å². The van der Waals surface area contributed by atoms with Gasteiger partial charge in [0.2, 0.25) is 10.0 Å². The fourth-order valence-corrected chi connectivity index (χ4v) is 5.11. The van der Waals surface area contributed by atoms with E-state index in [0.717, 1.165) is 30.9 Å². The van der Waals surface area contributed by atoms with Crippen LogP contribution in [-0.2, 0) is 34.2 Å². The highest BCUT2D eigenvalue weighted by Crippen LogP contribution is 2.19. The van der Waals surface area contributed by atoms with E-state index in [0.29, 0.717) is 13.0 Å². The maximum atomic E-state index is 12.4. The number of fused-ring (bicyclic) bond motifs is 1. The Labute approximate surface area is 193 Å². The summed E-state index contributed by atoms with van der Waals surface area (Å²) in [5.74, 6) is -1.34. The molecular weight excluding hydrogens is 448 g/mol. The average Bonchev–Trinajstić information content (AvgIpc) is 3.23. The van der Waals surface area contributed by atoms with Crippen molar-refractivity contribution >= 4 is 27.7 Å². The quantitative estimate of drug-likeness (QED) is 0.367. The number of pyridine rings is 1. The van der Waals surface area contributed by atoms with E-state index in [9.17, 15) is 23.1 Å². The van der Waals surface area contributed by atoms with E-state index in [1.54, 1.807) is 24.7 Å². The van der Waals surface area contributed by atoms with E-state index in [4.69, 9.17) is 0 Å². The van der Waals surface area contributed by atoms with Gasteiger partial charge in [-0.1, -0.05) is 19.9 Å². The third-order valence-electron chi connectivity index (χ3n) is 5.08. The largest absolute Gasteiger partial charge is 0.480 e. The van der Waals surface area contributed by atoms with Crippen molar-refractivity contribution in [2.24, 2.45) is 5.92 Å². The standard InChI is InChI=1S/C21H30N6O5S/c1-14(2)13-33(31,32)26-18(21(29)30)11-23-20(28)16-10-24-27(12-16)9-7-17-6-5-15-4-3-8-22-19(15)25-17/h5-6,10,12,14,18,26H,3-4,7-9,11,13H2,1-2H3,(H,22,25)(H,23,28)(H,29,30)/t18-/m0/s1. The first-order valence-corrected chi connectivity index (χ1v) is 12.5. The number of carbonyl (C=O) groups excluding carboxylic acids is 1. The van der Waals surface area contributed by atoms with Gasteiger partial charge in [0, 0.05) is 37.9 Å². The van der Waals surface area contributed by atoms with Gasteiger partial charge in [0.25, 0.3) is 5.91 Å². The number of hydrogen-bond donors (Lipinski definition) is 4. The van der Waals surface area contributed by atoms with E-state index in [2.05, 4.69) is 31.5 Å². The molecule has 0 unspecified atom stereocenters. The van der Waals surface area contributed by atoms with Crippen molar-refractivity contribution in [3.63, 3.8) is 0 Å². The van der Waals surface area contributed by atoms with Crippen molar-refractivity contribution in [1.29, 1.82) is 0 Å². The van der Waals surface area contributed by atoms with Crippen molar-refractivity contribution in [1.82, 2.24) is 24.8 Å². The lowest BCUT2D eigenvalue weighted by molar-refractivity contribution is -0.138. The molecule has 0 fully saturated rings. The Kier molecular flexibility index (Phi) is 8.03. The molecule has 180 valence electrons. The van der Waals surface area contributed by atoms with Crippen molar-refractivity contribution in [2.75, 3.05) is 24.2 Å². The highest BCUT2D eigenvalue weighted by atomic mass is 32.2. The van der Waals surface area contributed by atoms with Gasteiger partial charge >= 0.3 is 5.97 Å². The molecule has 0 saturated carbocycles. The number of amides is 1. The summed E-state index contributed by atoms with van der Waals surface area (Å²) in [4.78, 5) is 28.5. The summed E-state index contributed by atoms with van der Waals surface area (Å²) in [7, 11) is -3.78. The van der Waals surface area contributed by atoms with Gasteiger partial charge in [0.1, 0.15) is 11.9 Å². The molecule has 4 N–H and O–H groups in total. The first kappa shape index (κ1) is 24.6. The van der Waals surface area contributed by atoms with Crippen LogP contribution in [0.4, 0.5) is 5.82 Å². The van der Waals surface area contributed by atoms with Crippen LogP contribution < -0.4 is 15.4 Å². The molecule has 1 aliphatic rings. The van der Waals surface area contributed by atoms with Crippen LogP contribution in [0, 0.1) is 5.92 Å². The molecule has 3 rings (SSSR count). The Hall–Kier alpha value is -2.99. The summed E-state index contributed by atoms with van der Waals surface area (Å²) < 4.78 is 27.8. The van der Waals surface area contributed by atoms with Gasteiger partial charge in [-0.2, -0.15) is 9.82 Å². The SMILES string of the molecule is CC(C)CS(=O)(=O)N[C@@H](CNC(=O)c1cnn(CCc2ccc3c(n2)NCCC3)c1)C(=O)O. The molecule has 0 spiro atoms. The molecule has 0 aromatic carbocycles. The zero-order valence-corrected chi connectivity index (χ0v) is 19.6. The fraction of sp³-hybridized carbons (Fsp3) is 0.524. The van der Waals surface area contributed by atoms with E-state index < -0.39 is 27.9 Å². The Morgan fingerprint density at radius 3 is 2.82 bits per heavy atom. The molecule has 0 bridgehead atoms. The summed E-state index contributed by atoms with van der Waals surface area (Å²) in [6.45, 7) is 4.48. The van der Waals surface area contributed by atoms with Crippen molar-refractivity contribution in [3.8, 4) is 0 Å². The molecule has 1 aliphatic heterocycles. The Morgan fingerprint density at radius 1 is 1.30 bits per heavy atom. The number of hydrogen-bond acceptors (Lipinski definition) is 7. The van der Waals surface area contributed by atoms with Crippen molar-refractivity contribution in [2.45, 2.75) is 45.7 Å². The molecule has 0 aliphatic carbocycles. The number of aryl methyl sites for hydroxylation is 3. The molecular formula is C21H30N6O5S. The zero-order chi connectivity index (χ0) is 24.0. The van der Waals surface area contributed by atoms with Gasteiger partial charge in [-0.05, 0) is 30.4 Å². The number of carboxylic acid groups (broad SMARTS) is 1. The van der Waals surface area contributed by atoms with E-state index in [1.807, 2.05) is 6.07 Å². The third kappa shape index (κ3) is 7.26. The molecule has 33 heavy (non-hydrogen) atoms. The predicted octanol–water partition coefficient (Wildman–Crippen LogP) is 0.637. The molecule has 2 aromatic heterocycles. The number of aliphatic carboxylic acids is 1. The van der Waals surface area contributed by atoms with Gasteiger partial charge < -0.3 is 15.7 Å². The molecule has 0 saturated heterocycles. The minimum atomic E-state index is -3.78. The number of aromatic nitrogens is 3. The summed E-state index contributed by atoms with van der Waals surface area (Å²) in [5.41, 5.74) is 2.39. The van der Waals surface area contributed by atoms with Gasteiger partial charge in [0.15, 0.2) is 0 Å². The Balaban J connectivity index is 1.53. The minimum absolute atomic E-state index is 0.162. The number of carbonyl (C=O) groups is 2. The minimum Gasteiger partial charge on any atom is -0.480 e. The van der Waals surface area contributed by atoms with Crippen LogP contribution in [0.15, 0.2) is 24.5 Å². The highest BCUT2D eigenvalue weighted by Gasteiger charge is 2.25. The van der Waals surface area contributed by atoms with Crippen LogP contribution in [0.5, 0.6) is 0 Å². The highest BCUT2D eigenvalue weighted by molar-refractivity contribution is 7.89. The molecule has 1 atom stereocenters. The first-order valence-electron chi connectivity index (χ1n) is 10.9. The summed E-state index contributed by atoms with van der Waals surface area (Å²) in [6.07, 6.45) is 5.70. The first-order chi connectivity index (χ1) is 15.6. The second-order valence-electron chi connectivity index (χ2n) is 8.48. The number of sulfonamides is 1. The average molecular weight is 479 g/mol. The number of rotatable bonds is 11. The Bertz CT molecular complexity index is 1100. The lowest BCUT2D eigenvalue weighted by Gasteiger charge is -2.17. The van der Waals surface area contributed by atoms with Gasteiger partial charge in [-0.15, -0.1) is 0 Å². The molecule has 0 radical (unpaired) electrons. The fourth-order valence-electron chi connectivity index (χ4n) is 3.52. The second-order valence-corrected chi connectivity index (χ2v) is 10.3.